The van der Waals surface area contributed by atoms with E-state index in [9.17, 15) is 9.59 Å². The van der Waals surface area contributed by atoms with Gasteiger partial charge in [-0.1, -0.05) is 11.3 Å². The number of carboxylic acids is 1. The normalized spacial score (nSPS) is 10.6. The molecule has 0 spiro atoms. The molecule has 0 unspecified atom stereocenters. The fourth-order valence-corrected chi connectivity index (χ4v) is 3.16. The molecule has 0 saturated heterocycles. The van der Waals surface area contributed by atoms with Gasteiger partial charge in [0.25, 0.3) is 0 Å². The molecule has 20 heavy (non-hydrogen) atoms. The number of aryl methyl sites for hydroxylation is 1. The first-order valence-electron chi connectivity index (χ1n) is 5.75. The third-order valence-electron chi connectivity index (χ3n) is 2.53. The quantitative estimate of drug-likeness (QED) is 0.854. The topological polar surface area (TPSA) is 83.4 Å². The Morgan fingerprint density at radius 3 is 2.55 bits per heavy atom. The zero-order chi connectivity index (χ0) is 14.9. The number of ketones is 1. The molecule has 0 aliphatic heterocycles. The zero-order valence-electron chi connectivity index (χ0n) is 11.2. The van der Waals surface area contributed by atoms with Gasteiger partial charge in [0, 0.05) is 19.4 Å². The maximum Gasteiger partial charge on any atom is 0.356 e. The van der Waals surface area contributed by atoms with Crippen LogP contribution in [0.1, 0.15) is 37.8 Å². The Morgan fingerprint density at radius 1 is 1.40 bits per heavy atom. The van der Waals surface area contributed by atoms with Crippen LogP contribution in [0.3, 0.4) is 0 Å². The molecule has 0 aromatic carbocycles. The van der Waals surface area contributed by atoms with Gasteiger partial charge in [0.05, 0.1) is 17.2 Å². The summed E-state index contributed by atoms with van der Waals surface area (Å²) in [6, 6.07) is 0. The Kier molecular flexibility index (Phi) is 4.15. The minimum absolute atomic E-state index is 0.175. The Morgan fingerprint density at radius 2 is 2.10 bits per heavy atom. The molecule has 2 rings (SSSR count). The summed E-state index contributed by atoms with van der Waals surface area (Å²) in [7, 11) is 1.79. The molecule has 0 amide bonds. The van der Waals surface area contributed by atoms with Gasteiger partial charge in [-0.3, -0.25) is 4.79 Å². The van der Waals surface area contributed by atoms with Crippen molar-refractivity contribution < 1.29 is 14.7 Å². The number of Topliss-reactive ketones (excluding diaryl/α,β-unsaturated/α-hetero) is 1. The Labute approximate surface area is 123 Å². The summed E-state index contributed by atoms with van der Waals surface area (Å²) >= 11 is 2.65. The third-order valence-corrected chi connectivity index (χ3v) is 4.62. The van der Waals surface area contributed by atoms with Gasteiger partial charge >= 0.3 is 5.97 Å². The Bertz CT molecular complexity index is 631. The minimum Gasteiger partial charge on any atom is -0.476 e. The van der Waals surface area contributed by atoms with E-state index in [0.717, 1.165) is 22.0 Å². The van der Waals surface area contributed by atoms with Crippen LogP contribution in [0, 0.1) is 6.92 Å². The van der Waals surface area contributed by atoms with E-state index in [1.807, 2.05) is 12.3 Å². The molecule has 0 aliphatic carbocycles. The molecule has 2 aromatic heterocycles. The molecule has 2 heterocycles. The summed E-state index contributed by atoms with van der Waals surface area (Å²) in [5.41, 5.74) is 0.713. The summed E-state index contributed by atoms with van der Waals surface area (Å²) in [6.45, 7) is 3.79. The predicted molar refractivity (Wildman–Crippen MR) is 78.0 cm³/mol. The minimum atomic E-state index is -1.18. The highest BCUT2D eigenvalue weighted by Gasteiger charge is 2.22. The Hall–Kier alpha value is -1.80. The van der Waals surface area contributed by atoms with Crippen LogP contribution < -0.4 is 4.90 Å². The molecular formula is C12H13N3O3S2. The van der Waals surface area contributed by atoms with E-state index in [-0.39, 0.29) is 16.4 Å². The highest BCUT2D eigenvalue weighted by atomic mass is 32.1. The third kappa shape index (κ3) is 3.02. The molecular weight excluding hydrogens is 298 g/mol. The average Bonchev–Trinajstić information content (AvgIpc) is 2.95. The predicted octanol–water partition coefficient (Wildman–Crippen LogP) is 2.45. The van der Waals surface area contributed by atoms with Crippen molar-refractivity contribution in [2.75, 3.05) is 11.9 Å². The van der Waals surface area contributed by atoms with E-state index in [0.29, 0.717) is 11.7 Å². The molecule has 0 atom stereocenters. The summed E-state index contributed by atoms with van der Waals surface area (Å²) < 4.78 is 0. The highest BCUT2D eigenvalue weighted by molar-refractivity contribution is 7.17. The number of hydrogen-bond acceptors (Lipinski definition) is 7. The van der Waals surface area contributed by atoms with Crippen molar-refractivity contribution in [1.29, 1.82) is 0 Å². The number of carboxylic acid groups (broad SMARTS) is 1. The van der Waals surface area contributed by atoms with E-state index in [1.165, 1.54) is 6.92 Å². The van der Waals surface area contributed by atoms with Crippen LogP contribution in [-0.2, 0) is 6.54 Å². The van der Waals surface area contributed by atoms with Crippen LogP contribution >= 0.6 is 22.7 Å². The van der Waals surface area contributed by atoms with Gasteiger partial charge in [0.2, 0.25) is 0 Å². The van der Waals surface area contributed by atoms with Gasteiger partial charge in [0.15, 0.2) is 16.6 Å². The van der Waals surface area contributed by atoms with Crippen LogP contribution in [0.25, 0.3) is 0 Å². The first-order valence-corrected chi connectivity index (χ1v) is 7.45. The van der Waals surface area contributed by atoms with Crippen LogP contribution in [0.15, 0.2) is 5.38 Å². The first-order chi connectivity index (χ1) is 9.38. The number of aromatic carboxylic acids is 1. The van der Waals surface area contributed by atoms with Gasteiger partial charge in [-0.05, 0) is 6.92 Å². The van der Waals surface area contributed by atoms with Gasteiger partial charge in [0.1, 0.15) is 4.88 Å². The van der Waals surface area contributed by atoms with Gasteiger partial charge in [-0.25, -0.2) is 14.8 Å². The fourth-order valence-electron chi connectivity index (χ4n) is 1.65. The van der Waals surface area contributed by atoms with Crippen molar-refractivity contribution in [2.24, 2.45) is 0 Å². The number of rotatable bonds is 5. The largest absolute Gasteiger partial charge is 0.476 e. The molecule has 106 valence electrons. The standard InChI is InChI=1S/C12H13N3O3S2/c1-6(16)10-9(11(17)18)14-12(20-10)15(3)4-8-5-19-7(2)13-8/h5H,4H2,1-3H3,(H,17,18). The molecule has 0 saturated carbocycles. The van der Waals surface area contributed by atoms with E-state index < -0.39 is 5.97 Å². The Balaban J connectivity index is 2.26. The van der Waals surface area contributed by atoms with Crippen molar-refractivity contribution in [2.45, 2.75) is 20.4 Å². The van der Waals surface area contributed by atoms with Crippen LogP contribution in [0.2, 0.25) is 0 Å². The van der Waals surface area contributed by atoms with Crippen LogP contribution in [0.4, 0.5) is 5.13 Å². The number of nitrogens with zero attached hydrogens (tertiary/aromatic N) is 3. The molecule has 0 bridgehead atoms. The fraction of sp³-hybridized carbons (Fsp3) is 0.333. The maximum atomic E-state index is 11.4. The van der Waals surface area contributed by atoms with E-state index in [1.54, 1.807) is 23.3 Å². The average molecular weight is 311 g/mol. The molecule has 8 heteroatoms. The lowest BCUT2D eigenvalue weighted by Gasteiger charge is -2.13. The molecule has 2 aromatic rings. The van der Waals surface area contributed by atoms with E-state index >= 15 is 0 Å². The lowest BCUT2D eigenvalue weighted by atomic mass is 10.3. The van der Waals surface area contributed by atoms with Crippen molar-refractivity contribution in [1.82, 2.24) is 9.97 Å². The van der Waals surface area contributed by atoms with Gasteiger partial charge < -0.3 is 10.0 Å². The second-order valence-electron chi connectivity index (χ2n) is 4.25. The van der Waals surface area contributed by atoms with Crippen molar-refractivity contribution in [3.63, 3.8) is 0 Å². The van der Waals surface area contributed by atoms with Crippen LogP contribution in [-0.4, -0.2) is 33.9 Å². The highest BCUT2D eigenvalue weighted by Crippen LogP contribution is 2.27. The smallest absolute Gasteiger partial charge is 0.356 e. The summed E-state index contributed by atoms with van der Waals surface area (Å²) in [6.07, 6.45) is 0. The van der Waals surface area contributed by atoms with Crippen molar-refractivity contribution in [3.05, 3.63) is 26.7 Å². The molecule has 0 radical (unpaired) electrons. The monoisotopic (exact) mass is 311 g/mol. The van der Waals surface area contributed by atoms with Gasteiger partial charge in [-0.2, -0.15) is 0 Å². The SMILES string of the molecule is CC(=O)c1sc(N(C)Cc2csc(C)n2)nc1C(=O)O. The van der Waals surface area contributed by atoms with Crippen molar-refractivity contribution >= 4 is 39.6 Å². The number of carbonyl (C=O) groups is 2. The molecule has 0 fully saturated rings. The first kappa shape index (κ1) is 14.6. The number of thiazole rings is 2. The summed E-state index contributed by atoms with van der Waals surface area (Å²) in [5, 5.41) is 12.5. The molecule has 6 nitrogen and oxygen atoms in total. The molecule has 1 N–H and O–H groups in total. The number of hydrogen-bond donors (Lipinski definition) is 1. The second kappa shape index (κ2) is 5.68. The summed E-state index contributed by atoms with van der Waals surface area (Å²) in [5.74, 6) is -1.47. The molecule has 0 aliphatic rings. The van der Waals surface area contributed by atoms with E-state index in [2.05, 4.69) is 9.97 Å². The number of anilines is 1. The second-order valence-corrected chi connectivity index (χ2v) is 6.29. The maximum absolute atomic E-state index is 11.4. The lowest BCUT2D eigenvalue weighted by molar-refractivity contribution is 0.0687. The van der Waals surface area contributed by atoms with Gasteiger partial charge in [-0.15, -0.1) is 11.3 Å². The number of aromatic nitrogens is 2. The lowest BCUT2D eigenvalue weighted by Crippen LogP contribution is -2.16. The zero-order valence-corrected chi connectivity index (χ0v) is 12.8. The van der Waals surface area contributed by atoms with Crippen molar-refractivity contribution in [3.8, 4) is 0 Å². The summed E-state index contributed by atoms with van der Waals surface area (Å²) in [4.78, 5) is 32.9. The van der Waals surface area contributed by atoms with E-state index in [4.69, 9.17) is 5.11 Å². The van der Waals surface area contributed by atoms with Crippen LogP contribution in [0.5, 0.6) is 0 Å². The number of carbonyl (C=O) groups excluding carboxylic acids is 1.